The number of fused-ring (bicyclic) bond motifs is 4. The Hall–Kier alpha value is -3.72. The van der Waals surface area contributed by atoms with Crippen molar-refractivity contribution in [2.45, 2.75) is 25.4 Å². The zero-order chi connectivity index (χ0) is 24.2. The highest BCUT2D eigenvalue weighted by Gasteiger charge is 2.37. The summed E-state index contributed by atoms with van der Waals surface area (Å²) in [6.07, 6.45) is 4.59. The van der Waals surface area contributed by atoms with E-state index in [1.54, 1.807) is 10.9 Å². The summed E-state index contributed by atoms with van der Waals surface area (Å²) in [5, 5.41) is 11.2. The summed E-state index contributed by atoms with van der Waals surface area (Å²) in [4.78, 5) is 38.9. The Morgan fingerprint density at radius 3 is 2.62 bits per heavy atom. The van der Waals surface area contributed by atoms with Crippen LogP contribution in [0.5, 0.6) is 0 Å². The van der Waals surface area contributed by atoms with Crippen LogP contribution in [-0.2, 0) is 17.9 Å². The van der Waals surface area contributed by atoms with Crippen molar-refractivity contribution in [3.05, 3.63) is 82.0 Å². The smallest absolute Gasteiger partial charge is 0.290 e. The molecule has 2 aliphatic heterocycles. The highest BCUT2D eigenvalue weighted by atomic mass is 16.3. The largest absolute Gasteiger partial charge is 0.483 e. The maximum atomic E-state index is 13.5. The normalized spacial score (nSPS) is 18.6. The molecule has 2 bridgehead atoms. The molecule has 4 heterocycles. The molecule has 0 spiro atoms. The Labute approximate surface area is 197 Å². The first kappa shape index (κ1) is 23.4. The number of likely N-dealkylation sites (tertiary alicyclic amines) is 1. The summed E-state index contributed by atoms with van der Waals surface area (Å²) >= 11 is 0. The average molecular weight is 464 g/mol. The van der Waals surface area contributed by atoms with E-state index in [-0.39, 0.29) is 23.9 Å². The van der Waals surface area contributed by atoms with Gasteiger partial charge in [-0.2, -0.15) is 5.10 Å². The van der Waals surface area contributed by atoms with E-state index in [2.05, 4.69) is 11.2 Å². The van der Waals surface area contributed by atoms with Gasteiger partial charge in [0, 0.05) is 55.7 Å². The van der Waals surface area contributed by atoms with Crippen molar-refractivity contribution in [3.8, 4) is 5.69 Å². The SMILES string of the molecule is CN(C)Cc1ccc2n(c1=O)C[C@H]1C[C@@H]2CN(C(=O)c2ccccc2-n2cccn2)C1.O=CO. The van der Waals surface area contributed by atoms with Crippen LogP contribution in [0.2, 0.25) is 0 Å². The first-order valence-electron chi connectivity index (χ1n) is 11.3. The lowest BCUT2D eigenvalue weighted by Gasteiger charge is -2.43. The molecule has 0 radical (unpaired) electrons. The second-order valence-corrected chi connectivity index (χ2v) is 9.02. The van der Waals surface area contributed by atoms with Gasteiger partial charge in [0.1, 0.15) is 0 Å². The van der Waals surface area contributed by atoms with Gasteiger partial charge >= 0.3 is 0 Å². The van der Waals surface area contributed by atoms with Gasteiger partial charge in [0.25, 0.3) is 17.9 Å². The molecule has 34 heavy (non-hydrogen) atoms. The number of nitrogens with zero attached hydrogens (tertiary/aromatic N) is 5. The lowest BCUT2D eigenvalue weighted by atomic mass is 9.82. The Morgan fingerprint density at radius 2 is 1.91 bits per heavy atom. The number of benzene rings is 1. The number of para-hydroxylation sites is 1. The van der Waals surface area contributed by atoms with Crippen molar-refractivity contribution in [3.63, 3.8) is 0 Å². The first-order valence-corrected chi connectivity index (χ1v) is 11.3. The van der Waals surface area contributed by atoms with E-state index in [0.717, 1.165) is 23.4 Å². The van der Waals surface area contributed by atoms with Gasteiger partial charge < -0.3 is 19.5 Å². The standard InChI is InChI=1S/C24H27N5O2.CH2O2/c1-26(2)15-18-8-9-21-19-12-17(14-28(21)23(18)30)13-27(16-19)24(31)20-6-3-4-7-22(20)29-11-5-10-25-29;2-1-3/h3-11,17,19H,12-16H2,1-2H3;1H,(H,2,3)/t17-,19+;/m0./s1. The highest BCUT2D eigenvalue weighted by molar-refractivity contribution is 5.97. The van der Waals surface area contributed by atoms with Gasteiger partial charge in [-0.3, -0.25) is 14.4 Å². The van der Waals surface area contributed by atoms with Crippen molar-refractivity contribution >= 4 is 12.4 Å². The summed E-state index contributed by atoms with van der Waals surface area (Å²) in [6, 6.07) is 13.5. The minimum absolute atomic E-state index is 0.0285. The number of carbonyl (C=O) groups excluding carboxylic acids is 1. The van der Waals surface area contributed by atoms with Gasteiger partial charge in [-0.25, -0.2) is 4.68 Å². The fourth-order valence-electron chi connectivity index (χ4n) is 5.05. The van der Waals surface area contributed by atoms with Crippen LogP contribution in [0.25, 0.3) is 5.69 Å². The van der Waals surface area contributed by atoms with E-state index in [0.29, 0.717) is 37.7 Å². The van der Waals surface area contributed by atoms with Gasteiger partial charge in [-0.15, -0.1) is 0 Å². The minimum Gasteiger partial charge on any atom is -0.483 e. The summed E-state index contributed by atoms with van der Waals surface area (Å²) in [5.41, 5.74) is 3.45. The number of pyridine rings is 1. The molecule has 0 saturated carbocycles. The van der Waals surface area contributed by atoms with Crippen LogP contribution in [0.3, 0.4) is 0 Å². The maximum absolute atomic E-state index is 13.5. The van der Waals surface area contributed by atoms with Crippen LogP contribution in [-0.4, -0.2) is 68.8 Å². The molecule has 1 aromatic carbocycles. The van der Waals surface area contributed by atoms with E-state index < -0.39 is 0 Å². The van der Waals surface area contributed by atoms with Crippen LogP contribution in [0, 0.1) is 5.92 Å². The molecule has 2 atom stereocenters. The summed E-state index contributed by atoms with van der Waals surface area (Å²) in [7, 11) is 3.95. The Balaban J connectivity index is 0.000000868. The van der Waals surface area contributed by atoms with Crippen molar-refractivity contribution in [2.24, 2.45) is 5.92 Å². The molecule has 5 rings (SSSR count). The molecule has 9 nitrogen and oxygen atoms in total. The zero-order valence-corrected chi connectivity index (χ0v) is 19.4. The Kier molecular flexibility index (Phi) is 6.93. The number of carboxylic acid groups (broad SMARTS) is 1. The van der Waals surface area contributed by atoms with Crippen LogP contribution < -0.4 is 5.56 Å². The summed E-state index contributed by atoms with van der Waals surface area (Å²) in [5.74, 6) is 0.509. The lowest BCUT2D eigenvalue weighted by molar-refractivity contribution is -0.122. The molecule has 178 valence electrons. The van der Waals surface area contributed by atoms with Crippen LogP contribution >= 0.6 is 0 Å². The molecule has 0 aliphatic carbocycles. The number of hydrogen-bond acceptors (Lipinski definition) is 5. The number of hydrogen-bond donors (Lipinski definition) is 1. The molecule has 1 fully saturated rings. The lowest BCUT2D eigenvalue weighted by Crippen LogP contribution is -2.49. The summed E-state index contributed by atoms with van der Waals surface area (Å²) < 4.78 is 3.69. The van der Waals surface area contributed by atoms with Gasteiger partial charge in [-0.05, 0) is 50.7 Å². The second kappa shape index (κ2) is 10.0. The van der Waals surface area contributed by atoms with Crippen molar-refractivity contribution < 1.29 is 14.7 Å². The summed E-state index contributed by atoms with van der Waals surface area (Å²) in [6.45, 7) is 2.38. The fourth-order valence-corrected chi connectivity index (χ4v) is 5.05. The van der Waals surface area contributed by atoms with Gasteiger partial charge in [0.05, 0.1) is 11.3 Å². The molecule has 2 aromatic heterocycles. The number of carbonyl (C=O) groups is 2. The molecular formula is C25H29N5O4. The number of rotatable bonds is 4. The van der Waals surface area contributed by atoms with Crippen LogP contribution in [0.1, 0.15) is 34.0 Å². The number of amides is 1. The third kappa shape index (κ3) is 4.65. The molecule has 1 saturated heterocycles. The van der Waals surface area contributed by atoms with Crippen LogP contribution in [0.4, 0.5) is 0 Å². The molecule has 2 aliphatic rings. The minimum atomic E-state index is -0.250. The zero-order valence-electron chi connectivity index (χ0n) is 19.4. The van der Waals surface area contributed by atoms with E-state index >= 15 is 0 Å². The maximum Gasteiger partial charge on any atom is 0.290 e. The predicted molar refractivity (Wildman–Crippen MR) is 127 cm³/mol. The first-order chi connectivity index (χ1) is 16.4. The van der Waals surface area contributed by atoms with Gasteiger partial charge in [0.15, 0.2) is 0 Å². The van der Waals surface area contributed by atoms with Gasteiger partial charge in [0.2, 0.25) is 0 Å². The molecule has 3 aromatic rings. The van der Waals surface area contributed by atoms with E-state index in [1.807, 2.05) is 71.1 Å². The van der Waals surface area contributed by atoms with Crippen molar-refractivity contribution in [1.29, 1.82) is 0 Å². The average Bonchev–Trinajstić information content (AvgIpc) is 3.36. The number of piperidine rings is 1. The number of aromatic nitrogens is 3. The highest BCUT2D eigenvalue weighted by Crippen LogP contribution is 2.36. The Morgan fingerprint density at radius 1 is 1.15 bits per heavy atom. The van der Waals surface area contributed by atoms with E-state index in [4.69, 9.17) is 9.90 Å². The quantitative estimate of drug-likeness (QED) is 0.595. The Bertz CT molecular complexity index is 1220. The predicted octanol–water partition coefficient (Wildman–Crippen LogP) is 2.06. The van der Waals surface area contributed by atoms with Crippen LogP contribution in [0.15, 0.2) is 59.7 Å². The molecule has 0 unspecified atom stereocenters. The van der Waals surface area contributed by atoms with Gasteiger partial charge in [-0.1, -0.05) is 18.2 Å². The molecular weight excluding hydrogens is 434 g/mol. The third-order valence-electron chi connectivity index (χ3n) is 6.34. The fraction of sp³-hybridized carbons (Fsp3) is 0.360. The van der Waals surface area contributed by atoms with E-state index in [1.165, 1.54) is 0 Å². The second-order valence-electron chi connectivity index (χ2n) is 9.02. The monoisotopic (exact) mass is 463 g/mol. The van der Waals surface area contributed by atoms with Crippen molar-refractivity contribution in [1.82, 2.24) is 24.1 Å². The molecule has 9 heteroatoms. The topological polar surface area (TPSA) is 101 Å². The van der Waals surface area contributed by atoms with Crippen molar-refractivity contribution in [2.75, 3.05) is 27.2 Å². The molecule has 1 amide bonds. The van der Waals surface area contributed by atoms with E-state index in [9.17, 15) is 9.59 Å². The third-order valence-corrected chi connectivity index (χ3v) is 6.34. The molecule has 1 N–H and O–H groups in total.